The number of benzene rings is 1. The van der Waals surface area contributed by atoms with Gasteiger partial charge in [-0.1, -0.05) is 12.1 Å². The molecule has 0 saturated heterocycles. The number of carboxylic acid groups (broad SMARTS) is 1. The van der Waals surface area contributed by atoms with Crippen LogP contribution < -0.4 is 0 Å². The Morgan fingerprint density at radius 2 is 1.85 bits per heavy atom. The molecule has 5 nitrogen and oxygen atoms in total. The summed E-state index contributed by atoms with van der Waals surface area (Å²) >= 11 is 0. The van der Waals surface area contributed by atoms with Gasteiger partial charge in [0, 0.05) is 18.0 Å². The van der Waals surface area contributed by atoms with Crippen molar-refractivity contribution in [3.63, 3.8) is 0 Å². The van der Waals surface area contributed by atoms with E-state index >= 15 is 0 Å². The van der Waals surface area contributed by atoms with Gasteiger partial charge in [-0.05, 0) is 24.6 Å². The quantitative estimate of drug-likeness (QED) is 0.922. The Morgan fingerprint density at radius 3 is 2.35 bits per heavy atom. The number of halogens is 1. The van der Waals surface area contributed by atoms with Gasteiger partial charge in [-0.3, -0.25) is 4.79 Å². The van der Waals surface area contributed by atoms with Crippen LogP contribution in [-0.2, 0) is 4.79 Å². The summed E-state index contributed by atoms with van der Waals surface area (Å²) in [6.07, 6.45) is 2.54. The van der Waals surface area contributed by atoms with E-state index < -0.39 is 17.7 Å². The smallest absolute Gasteiger partial charge is 0.373 e. The van der Waals surface area contributed by atoms with Crippen LogP contribution in [0.5, 0.6) is 0 Å². The third-order valence-corrected chi connectivity index (χ3v) is 2.78. The maximum Gasteiger partial charge on any atom is 0.373 e. The summed E-state index contributed by atoms with van der Waals surface area (Å²) in [7, 11) is 0. The Labute approximate surface area is 114 Å². The van der Waals surface area contributed by atoms with Crippen molar-refractivity contribution in [2.45, 2.75) is 12.8 Å². The summed E-state index contributed by atoms with van der Waals surface area (Å²) in [4.78, 5) is 29.8. The SMILES string of the molecule is CC(=O)C(c1cnc(C(=O)O)nc1)c1cccc(F)c1. The van der Waals surface area contributed by atoms with E-state index in [4.69, 9.17) is 5.11 Å². The van der Waals surface area contributed by atoms with Gasteiger partial charge in [0.2, 0.25) is 5.82 Å². The zero-order valence-electron chi connectivity index (χ0n) is 10.6. The molecule has 0 spiro atoms. The second-order valence-electron chi connectivity index (χ2n) is 4.24. The number of hydrogen-bond acceptors (Lipinski definition) is 4. The molecule has 20 heavy (non-hydrogen) atoms. The molecule has 1 aromatic carbocycles. The molecule has 0 saturated carbocycles. The van der Waals surface area contributed by atoms with Gasteiger partial charge in [-0.25, -0.2) is 19.2 Å². The van der Waals surface area contributed by atoms with Gasteiger partial charge in [0.1, 0.15) is 11.6 Å². The van der Waals surface area contributed by atoms with Crippen molar-refractivity contribution in [1.82, 2.24) is 9.97 Å². The average molecular weight is 274 g/mol. The second kappa shape index (κ2) is 5.56. The Kier molecular flexibility index (Phi) is 3.84. The molecule has 0 aliphatic heterocycles. The van der Waals surface area contributed by atoms with E-state index in [2.05, 4.69) is 9.97 Å². The fraction of sp³-hybridized carbons (Fsp3) is 0.143. The predicted molar refractivity (Wildman–Crippen MR) is 67.9 cm³/mol. The van der Waals surface area contributed by atoms with Crippen LogP contribution >= 0.6 is 0 Å². The average Bonchev–Trinajstić information content (AvgIpc) is 2.39. The number of hydrogen-bond donors (Lipinski definition) is 1. The lowest BCUT2D eigenvalue weighted by atomic mass is 9.90. The van der Waals surface area contributed by atoms with Crippen molar-refractivity contribution in [2.75, 3.05) is 0 Å². The van der Waals surface area contributed by atoms with E-state index in [0.29, 0.717) is 11.1 Å². The first kappa shape index (κ1) is 13.8. The van der Waals surface area contributed by atoms with Gasteiger partial charge >= 0.3 is 5.97 Å². The molecular formula is C14H11FN2O3. The fourth-order valence-electron chi connectivity index (χ4n) is 1.95. The van der Waals surface area contributed by atoms with Crippen LogP contribution in [0, 0.1) is 5.82 Å². The number of carbonyl (C=O) groups excluding carboxylic acids is 1. The van der Waals surface area contributed by atoms with Crippen LogP contribution in [0.1, 0.15) is 34.6 Å². The summed E-state index contributed by atoms with van der Waals surface area (Å²) in [5.74, 6) is -2.97. The lowest BCUT2D eigenvalue weighted by Crippen LogP contribution is -2.13. The zero-order chi connectivity index (χ0) is 14.7. The maximum absolute atomic E-state index is 13.3. The number of rotatable bonds is 4. The van der Waals surface area contributed by atoms with Gasteiger partial charge in [0.25, 0.3) is 0 Å². The lowest BCUT2D eigenvalue weighted by molar-refractivity contribution is -0.117. The molecule has 0 amide bonds. The first-order chi connectivity index (χ1) is 9.49. The molecule has 102 valence electrons. The first-order valence-corrected chi connectivity index (χ1v) is 5.80. The van der Waals surface area contributed by atoms with Crippen molar-refractivity contribution in [3.8, 4) is 0 Å². The summed E-state index contributed by atoms with van der Waals surface area (Å²) in [6.45, 7) is 1.38. The number of ketones is 1. The molecule has 1 N–H and O–H groups in total. The summed E-state index contributed by atoms with van der Waals surface area (Å²) < 4.78 is 13.3. The lowest BCUT2D eigenvalue weighted by Gasteiger charge is -2.14. The number of aromatic nitrogens is 2. The number of aromatic carboxylic acids is 1. The highest BCUT2D eigenvalue weighted by Gasteiger charge is 2.21. The standard InChI is InChI=1S/C14H11FN2O3/c1-8(18)12(9-3-2-4-11(15)5-9)10-6-16-13(14(19)20)17-7-10/h2-7,12H,1H3,(H,19,20). The highest BCUT2D eigenvalue weighted by atomic mass is 19.1. The van der Waals surface area contributed by atoms with Crippen LogP contribution in [-0.4, -0.2) is 26.8 Å². The molecule has 0 bridgehead atoms. The zero-order valence-corrected chi connectivity index (χ0v) is 10.6. The van der Waals surface area contributed by atoms with E-state index in [-0.39, 0.29) is 11.6 Å². The highest BCUT2D eigenvalue weighted by Crippen LogP contribution is 2.25. The molecule has 2 rings (SSSR count). The summed E-state index contributed by atoms with van der Waals surface area (Å²) in [5.41, 5.74) is 0.900. The first-order valence-electron chi connectivity index (χ1n) is 5.80. The third kappa shape index (κ3) is 2.85. The maximum atomic E-state index is 13.3. The topological polar surface area (TPSA) is 80.2 Å². The molecule has 0 fully saturated rings. The van der Waals surface area contributed by atoms with Gasteiger partial charge in [0.05, 0.1) is 5.92 Å². The van der Waals surface area contributed by atoms with Gasteiger partial charge in [0.15, 0.2) is 0 Å². The molecule has 1 aromatic heterocycles. The van der Waals surface area contributed by atoms with E-state index in [0.717, 1.165) is 0 Å². The van der Waals surface area contributed by atoms with Crippen LogP contribution in [0.4, 0.5) is 4.39 Å². The van der Waals surface area contributed by atoms with Crippen molar-refractivity contribution in [1.29, 1.82) is 0 Å². The number of carboxylic acids is 1. The van der Waals surface area contributed by atoms with Crippen LogP contribution in [0.25, 0.3) is 0 Å². The minimum absolute atomic E-state index is 0.206. The Balaban J connectivity index is 2.43. The van der Waals surface area contributed by atoms with E-state index in [1.807, 2.05) is 0 Å². The van der Waals surface area contributed by atoms with Crippen LogP contribution in [0.3, 0.4) is 0 Å². The van der Waals surface area contributed by atoms with Gasteiger partial charge in [-0.2, -0.15) is 0 Å². The highest BCUT2D eigenvalue weighted by molar-refractivity contribution is 5.87. The minimum atomic E-state index is -1.25. The van der Waals surface area contributed by atoms with E-state index in [1.54, 1.807) is 6.07 Å². The third-order valence-electron chi connectivity index (χ3n) is 2.78. The molecule has 1 heterocycles. The van der Waals surface area contributed by atoms with E-state index in [9.17, 15) is 14.0 Å². The number of Topliss-reactive ketones (excluding diaryl/α,β-unsaturated/α-hetero) is 1. The fourth-order valence-corrected chi connectivity index (χ4v) is 1.95. The van der Waals surface area contributed by atoms with Crippen molar-refractivity contribution in [2.24, 2.45) is 0 Å². The molecular weight excluding hydrogens is 263 g/mol. The summed E-state index contributed by atoms with van der Waals surface area (Å²) in [5, 5.41) is 8.74. The predicted octanol–water partition coefficient (Wildman–Crippen LogP) is 2.03. The largest absolute Gasteiger partial charge is 0.475 e. The van der Waals surface area contributed by atoms with Crippen LogP contribution in [0.2, 0.25) is 0 Å². The van der Waals surface area contributed by atoms with Crippen molar-refractivity contribution in [3.05, 3.63) is 59.4 Å². The van der Waals surface area contributed by atoms with Gasteiger partial charge < -0.3 is 5.11 Å². The molecule has 1 atom stereocenters. The minimum Gasteiger partial charge on any atom is -0.475 e. The molecule has 2 aromatic rings. The molecule has 0 aliphatic carbocycles. The molecule has 0 aliphatic rings. The number of nitrogens with zero attached hydrogens (tertiary/aromatic N) is 2. The van der Waals surface area contributed by atoms with Crippen molar-refractivity contribution >= 4 is 11.8 Å². The van der Waals surface area contributed by atoms with Crippen LogP contribution in [0.15, 0.2) is 36.7 Å². The van der Waals surface area contributed by atoms with Gasteiger partial charge in [-0.15, -0.1) is 0 Å². The normalized spacial score (nSPS) is 11.9. The van der Waals surface area contributed by atoms with E-state index in [1.165, 1.54) is 37.5 Å². The second-order valence-corrected chi connectivity index (χ2v) is 4.24. The Bertz CT molecular complexity index is 656. The molecule has 0 radical (unpaired) electrons. The molecule has 6 heteroatoms. The summed E-state index contributed by atoms with van der Waals surface area (Å²) in [6, 6.07) is 5.68. The number of carbonyl (C=O) groups is 2. The monoisotopic (exact) mass is 274 g/mol. The molecule has 1 unspecified atom stereocenters. The van der Waals surface area contributed by atoms with Crippen molar-refractivity contribution < 1.29 is 19.1 Å². The Morgan fingerprint density at radius 1 is 1.20 bits per heavy atom. The Hall–Kier alpha value is -2.63.